The summed E-state index contributed by atoms with van der Waals surface area (Å²) in [6.45, 7) is 13.7. The largest absolute Gasteiger partial charge is 0.506 e. The first-order valence-corrected chi connectivity index (χ1v) is 11.9. The molecule has 0 radical (unpaired) electrons. The number of H-pyrrole nitrogens is 1. The van der Waals surface area contributed by atoms with Gasteiger partial charge in [-0.1, -0.05) is 38.5 Å². The van der Waals surface area contributed by atoms with E-state index in [1.807, 2.05) is 19.9 Å². The van der Waals surface area contributed by atoms with E-state index in [2.05, 4.69) is 61.5 Å². The van der Waals surface area contributed by atoms with E-state index in [-0.39, 0.29) is 17.0 Å². The molecule has 2 heterocycles. The number of hydrogen-bond acceptors (Lipinski definition) is 2. The predicted octanol–water partition coefficient (Wildman–Crippen LogP) is 6.24. The standard InChI is InChI=1S/C28H34N2O2/c1-7-9-12-15-30-22-14-11-10-13-21(22)28(5,6)23(30)16-20-26(31)24(27(20)32)25-17(3)19(8-2)18(4)29-25/h10-11,13-14,16H,7-9,12,15H2,1-6H3,(H,31,32)/p+1. The first-order chi connectivity index (χ1) is 15.2. The zero-order valence-electron chi connectivity index (χ0n) is 20.2. The quantitative estimate of drug-likeness (QED) is 0.310. The van der Waals surface area contributed by atoms with Gasteiger partial charge in [-0.15, -0.1) is 0 Å². The monoisotopic (exact) mass is 431 g/mol. The summed E-state index contributed by atoms with van der Waals surface area (Å²) in [4.78, 5) is 16.6. The van der Waals surface area contributed by atoms with Gasteiger partial charge in [0.2, 0.25) is 11.5 Å². The third-order valence-corrected chi connectivity index (χ3v) is 7.23. The number of Topliss-reactive ketones (excluding diaryl/α,β-unsaturated/α-hetero) is 1. The van der Waals surface area contributed by atoms with Gasteiger partial charge < -0.3 is 10.1 Å². The number of aliphatic hydroxyl groups excluding tert-OH is 1. The highest BCUT2D eigenvalue weighted by molar-refractivity contribution is 6.40. The molecule has 1 aliphatic heterocycles. The molecule has 2 aromatic rings. The van der Waals surface area contributed by atoms with Gasteiger partial charge >= 0.3 is 0 Å². The highest BCUT2D eigenvalue weighted by Crippen LogP contribution is 2.43. The molecular formula is C28H35N2O2+. The van der Waals surface area contributed by atoms with Crippen LogP contribution in [-0.2, 0) is 16.6 Å². The molecule has 0 saturated heterocycles. The minimum atomic E-state index is -0.236. The molecule has 1 aliphatic carbocycles. The number of hydrogen-bond donors (Lipinski definition) is 2. The van der Waals surface area contributed by atoms with E-state index in [4.69, 9.17) is 0 Å². The molecular weight excluding hydrogens is 396 g/mol. The van der Waals surface area contributed by atoms with Crippen molar-refractivity contribution in [3.63, 3.8) is 0 Å². The molecule has 0 atom stereocenters. The fraction of sp³-hybridized carbons (Fsp3) is 0.429. The van der Waals surface area contributed by atoms with Crippen molar-refractivity contribution in [2.24, 2.45) is 0 Å². The average Bonchev–Trinajstić information content (AvgIpc) is 3.16. The number of ketones is 1. The number of allylic oxidation sites excluding steroid dienone is 3. The van der Waals surface area contributed by atoms with Crippen molar-refractivity contribution in [1.29, 1.82) is 0 Å². The number of nitrogens with one attached hydrogen (secondary N) is 1. The second-order valence-corrected chi connectivity index (χ2v) is 9.58. The number of aromatic nitrogens is 1. The van der Waals surface area contributed by atoms with Crippen LogP contribution in [0.4, 0.5) is 5.69 Å². The van der Waals surface area contributed by atoms with Gasteiger partial charge in [0.1, 0.15) is 12.3 Å². The number of rotatable bonds is 7. The Morgan fingerprint density at radius 2 is 1.84 bits per heavy atom. The SMILES string of the molecule is CCCCC[N+]1=C(/C=C2/C(=O)C(c3[nH]c(C)c(CC)c3C)=C2O)C(C)(C)c2ccccc21. The van der Waals surface area contributed by atoms with Gasteiger partial charge in [0.25, 0.3) is 0 Å². The molecule has 4 nitrogen and oxygen atoms in total. The molecule has 0 fully saturated rings. The van der Waals surface area contributed by atoms with Gasteiger partial charge in [0.15, 0.2) is 5.71 Å². The fourth-order valence-electron chi connectivity index (χ4n) is 5.36. The number of carbonyl (C=O) groups excluding carboxylic acids is 1. The minimum absolute atomic E-state index is 0.0812. The van der Waals surface area contributed by atoms with Gasteiger partial charge in [0.05, 0.1) is 22.3 Å². The van der Waals surface area contributed by atoms with E-state index in [9.17, 15) is 9.90 Å². The Bertz CT molecular complexity index is 1190. The maximum absolute atomic E-state index is 13.2. The molecule has 2 N–H and O–H groups in total. The molecule has 2 aliphatic rings. The number of unbranched alkanes of at least 4 members (excludes halogenated alkanes) is 2. The van der Waals surface area contributed by atoms with Crippen LogP contribution >= 0.6 is 0 Å². The van der Waals surface area contributed by atoms with Gasteiger partial charge in [-0.05, 0) is 51.7 Å². The molecule has 1 aromatic heterocycles. The summed E-state index contributed by atoms with van der Waals surface area (Å²) in [6, 6.07) is 8.49. The number of carbonyl (C=O) groups is 1. The van der Waals surface area contributed by atoms with Crippen molar-refractivity contribution >= 4 is 22.8 Å². The summed E-state index contributed by atoms with van der Waals surface area (Å²) < 4.78 is 2.34. The highest BCUT2D eigenvalue weighted by atomic mass is 16.3. The van der Waals surface area contributed by atoms with Crippen molar-refractivity contribution in [3.8, 4) is 0 Å². The van der Waals surface area contributed by atoms with Crippen molar-refractivity contribution in [1.82, 2.24) is 4.98 Å². The Balaban J connectivity index is 1.80. The lowest BCUT2D eigenvalue weighted by molar-refractivity contribution is -0.438. The lowest BCUT2D eigenvalue weighted by atomic mass is 9.78. The highest BCUT2D eigenvalue weighted by Gasteiger charge is 2.46. The van der Waals surface area contributed by atoms with E-state index in [0.29, 0.717) is 11.1 Å². The maximum Gasteiger partial charge on any atom is 0.209 e. The van der Waals surface area contributed by atoms with Crippen molar-refractivity contribution < 1.29 is 14.5 Å². The van der Waals surface area contributed by atoms with Crippen LogP contribution in [0.5, 0.6) is 0 Å². The summed E-state index contributed by atoms with van der Waals surface area (Å²) in [5.74, 6) is 0.0250. The molecule has 4 rings (SSSR count). The predicted molar refractivity (Wildman–Crippen MR) is 131 cm³/mol. The average molecular weight is 432 g/mol. The van der Waals surface area contributed by atoms with Crippen LogP contribution < -0.4 is 0 Å². The zero-order valence-corrected chi connectivity index (χ0v) is 20.2. The topological polar surface area (TPSA) is 56.1 Å². The minimum Gasteiger partial charge on any atom is -0.506 e. The molecule has 32 heavy (non-hydrogen) atoms. The fourth-order valence-corrected chi connectivity index (χ4v) is 5.36. The van der Waals surface area contributed by atoms with Gasteiger partial charge in [-0.25, -0.2) is 0 Å². The Labute approximate surface area is 191 Å². The van der Waals surface area contributed by atoms with E-state index < -0.39 is 0 Å². The van der Waals surface area contributed by atoms with Crippen molar-refractivity contribution in [2.45, 2.75) is 72.6 Å². The van der Waals surface area contributed by atoms with Gasteiger partial charge in [-0.2, -0.15) is 4.58 Å². The number of fused-ring (bicyclic) bond motifs is 1. The number of aryl methyl sites for hydroxylation is 1. The van der Waals surface area contributed by atoms with Crippen LogP contribution in [0.25, 0.3) is 5.57 Å². The second-order valence-electron chi connectivity index (χ2n) is 9.58. The van der Waals surface area contributed by atoms with Crippen LogP contribution in [0.15, 0.2) is 41.7 Å². The Kier molecular flexibility index (Phi) is 5.74. The summed E-state index contributed by atoms with van der Waals surface area (Å²) in [6.07, 6.45) is 6.25. The maximum atomic E-state index is 13.2. The van der Waals surface area contributed by atoms with Gasteiger partial charge in [0, 0.05) is 29.8 Å². The molecule has 168 valence electrons. The summed E-state index contributed by atoms with van der Waals surface area (Å²) >= 11 is 0. The van der Waals surface area contributed by atoms with E-state index in [1.165, 1.54) is 23.2 Å². The molecule has 0 amide bonds. The molecule has 0 unspecified atom stereocenters. The third-order valence-electron chi connectivity index (χ3n) is 7.23. The number of para-hydroxylation sites is 1. The summed E-state index contributed by atoms with van der Waals surface area (Å²) in [5.41, 5.74) is 8.26. The van der Waals surface area contributed by atoms with Crippen molar-refractivity contribution in [2.75, 3.05) is 6.54 Å². The van der Waals surface area contributed by atoms with Crippen LogP contribution in [-0.4, -0.2) is 32.7 Å². The molecule has 4 heteroatoms. The smallest absolute Gasteiger partial charge is 0.209 e. The Morgan fingerprint density at radius 1 is 1.12 bits per heavy atom. The first-order valence-electron chi connectivity index (χ1n) is 11.9. The normalized spacial score (nSPS) is 18.6. The van der Waals surface area contributed by atoms with Crippen LogP contribution in [0.1, 0.15) is 75.0 Å². The summed E-state index contributed by atoms with van der Waals surface area (Å²) in [7, 11) is 0. The number of aliphatic hydroxyl groups is 1. The first kappa shape index (κ1) is 22.3. The lowest BCUT2D eigenvalue weighted by Gasteiger charge is -2.22. The Hall–Kier alpha value is -2.88. The van der Waals surface area contributed by atoms with Crippen LogP contribution in [0, 0.1) is 13.8 Å². The molecule has 0 saturated carbocycles. The van der Waals surface area contributed by atoms with E-state index in [1.54, 1.807) is 0 Å². The number of benzene rings is 1. The van der Waals surface area contributed by atoms with Crippen LogP contribution in [0.2, 0.25) is 0 Å². The van der Waals surface area contributed by atoms with Gasteiger partial charge in [-0.3, -0.25) is 4.79 Å². The third kappa shape index (κ3) is 3.28. The van der Waals surface area contributed by atoms with Crippen molar-refractivity contribution in [3.05, 3.63) is 69.8 Å². The Morgan fingerprint density at radius 3 is 2.47 bits per heavy atom. The summed E-state index contributed by atoms with van der Waals surface area (Å²) in [5, 5.41) is 11.0. The van der Waals surface area contributed by atoms with E-state index in [0.717, 1.165) is 48.5 Å². The zero-order chi connectivity index (χ0) is 23.2. The molecule has 0 bridgehead atoms. The number of aromatic amines is 1. The lowest BCUT2D eigenvalue weighted by Crippen LogP contribution is -2.31. The van der Waals surface area contributed by atoms with Crippen LogP contribution in [0.3, 0.4) is 0 Å². The molecule has 0 spiro atoms. The number of nitrogens with zero attached hydrogens (tertiary/aromatic N) is 1. The molecule has 1 aromatic carbocycles. The van der Waals surface area contributed by atoms with E-state index >= 15 is 0 Å². The second kappa shape index (κ2) is 8.23.